The van der Waals surface area contributed by atoms with Crippen LogP contribution in [0.3, 0.4) is 0 Å². The minimum Gasteiger partial charge on any atom is -0.440 e. The molecule has 6 heteroatoms. The molecule has 1 amide bonds. The third-order valence-corrected chi connectivity index (χ3v) is 5.88. The fourth-order valence-corrected chi connectivity index (χ4v) is 4.05. The third-order valence-electron chi connectivity index (χ3n) is 5.67. The molecule has 0 atom stereocenters. The molecule has 0 saturated heterocycles. The molecule has 2 N–H and O–H groups in total. The molecule has 4 rings (SSSR count). The quantitative estimate of drug-likeness (QED) is 0.334. The molecule has 0 saturated carbocycles. The van der Waals surface area contributed by atoms with Gasteiger partial charge in [0.05, 0.1) is 0 Å². The van der Waals surface area contributed by atoms with Crippen LogP contribution in [-0.2, 0) is 11.8 Å². The van der Waals surface area contributed by atoms with Gasteiger partial charge in [0.2, 0.25) is 0 Å². The minimum absolute atomic E-state index is 0.0382. The summed E-state index contributed by atoms with van der Waals surface area (Å²) < 4.78 is 5.97. The molecule has 0 bridgehead atoms. The van der Waals surface area contributed by atoms with E-state index in [1.807, 2.05) is 61.5 Å². The number of aromatic nitrogens is 1. The third kappa shape index (κ3) is 5.51. The van der Waals surface area contributed by atoms with Crippen molar-refractivity contribution in [2.45, 2.75) is 46.5 Å². The Morgan fingerprint density at radius 2 is 1.68 bits per heavy atom. The van der Waals surface area contributed by atoms with E-state index in [2.05, 4.69) is 49.4 Å². The van der Waals surface area contributed by atoms with Crippen molar-refractivity contribution in [2.24, 2.45) is 0 Å². The smallest absolute Gasteiger partial charge is 0.257 e. The Balaban J connectivity index is 1.35. The van der Waals surface area contributed by atoms with Crippen LogP contribution in [0.5, 0.6) is 0 Å². The van der Waals surface area contributed by atoms with Crippen LogP contribution in [0, 0.1) is 13.8 Å². The molecule has 1 heterocycles. The zero-order valence-electron chi connectivity index (χ0n) is 20.2. The van der Waals surface area contributed by atoms with E-state index in [0.29, 0.717) is 17.9 Å². The number of nitrogens with one attached hydrogen (secondary N) is 2. The highest BCUT2D eigenvalue weighted by atomic mass is 32.1. The SMILES string of the molecule is Cc1cc(C)c2oc(Cc3ccc(NC(=S)NC(=O)c4ccc(C(C)(C)C)cc4)cc3)nc2c1. The number of rotatable bonds is 4. The Morgan fingerprint density at radius 3 is 2.32 bits per heavy atom. The number of amides is 1. The maximum absolute atomic E-state index is 12.5. The zero-order valence-corrected chi connectivity index (χ0v) is 21.0. The fourth-order valence-electron chi connectivity index (χ4n) is 3.84. The number of anilines is 1. The van der Waals surface area contributed by atoms with Gasteiger partial charge in [-0.1, -0.05) is 51.1 Å². The van der Waals surface area contributed by atoms with Crippen LogP contribution in [0.2, 0.25) is 0 Å². The van der Waals surface area contributed by atoms with Crippen LogP contribution in [0.1, 0.15) is 59.3 Å². The van der Waals surface area contributed by atoms with E-state index in [0.717, 1.165) is 27.9 Å². The number of nitrogens with zero attached hydrogens (tertiary/aromatic N) is 1. The van der Waals surface area contributed by atoms with E-state index in [9.17, 15) is 4.79 Å². The molecule has 0 fully saturated rings. The van der Waals surface area contributed by atoms with Crippen molar-refractivity contribution >= 4 is 40.0 Å². The number of fused-ring (bicyclic) bond motifs is 1. The number of oxazole rings is 1. The van der Waals surface area contributed by atoms with E-state index in [4.69, 9.17) is 16.6 Å². The summed E-state index contributed by atoms with van der Waals surface area (Å²) in [7, 11) is 0. The number of thiocarbonyl (C=S) groups is 1. The van der Waals surface area contributed by atoms with Crippen molar-refractivity contribution in [1.29, 1.82) is 0 Å². The Morgan fingerprint density at radius 1 is 1.00 bits per heavy atom. The second kappa shape index (κ2) is 9.39. The summed E-state index contributed by atoms with van der Waals surface area (Å²) in [5, 5.41) is 6.06. The van der Waals surface area contributed by atoms with Gasteiger partial charge >= 0.3 is 0 Å². The number of benzene rings is 3. The molecule has 0 spiro atoms. The number of aryl methyl sites for hydroxylation is 2. The molecular weight excluding hydrogens is 442 g/mol. The second-order valence-electron chi connectivity index (χ2n) is 9.65. The highest BCUT2D eigenvalue weighted by Gasteiger charge is 2.15. The van der Waals surface area contributed by atoms with Crippen molar-refractivity contribution in [1.82, 2.24) is 10.3 Å². The molecule has 0 aliphatic carbocycles. The van der Waals surface area contributed by atoms with Crippen LogP contribution >= 0.6 is 12.2 Å². The summed E-state index contributed by atoms with van der Waals surface area (Å²) in [6.07, 6.45) is 0.596. The molecule has 174 valence electrons. The summed E-state index contributed by atoms with van der Waals surface area (Å²) >= 11 is 5.33. The van der Waals surface area contributed by atoms with Crippen molar-refractivity contribution in [3.63, 3.8) is 0 Å². The van der Waals surface area contributed by atoms with Crippen LogP contribution in [0.25, 0.3) is 11.1 Å². The van der Waals surface area contributed by atoms with Crippen molar-refractivity contribution in [3.8, 4) is 0 Å². The lowest BCUT2D eigenvalue weighted by Gasteiger charge is -2.19. The lowest BCUT2D eigenvalue weighted by Crippen LogP contribution is -2.34. The fraction of sp³-hybridized carbons (Fsp3) is 0.250. The maximum Gasteiger partial charge on any atom is 0.257 e. The van der Waals surface area contributed by atoms with E-state index in [1.165, 1.54) is 11.1 Å². The molecule has 3 aromatic carbocycles. The van der Waals surface area contributed by atoms with E-state index >= 15 is 0 Å². The van der Waals surface area contributed by atoms with Gasteiger partial charge in [0, 0.05) is 17.7 Å². The Bertz CT molecular complexity index is 1350. The predicted molar refractivity (Wildman–Crippen MR) is 142 cm³/mol. The van der Waals surface area contributed by atoms with Gasteiger partial charge in [-0.3, -0.25) is 10.1 Å². The van der Waals surface area contributed by atoms with Gasteiger partial charge in [-0.25, -0.2) is 4.98 Å². The van der Waals surface area contributed by atoms with E-state index in [1.54, 1.807) is 0 Å². The van der Waals surface area contributed by atoms with Gasteiger partial charge in [-0.05, 0) is 84.1 Å². The van der Waals surface area contributed by atoms with Gasteiger partial charge in [0.1, 0.15) is 5.52 Å². The number of hydrogen-bond donors (Lipinski definition) is 2. The lowest BCUT2D eigenvalue weighted by molar-refractivity contribution is 0.0977. The Kier molecular flexibility index (Phi) is 6.53. The van der Waals surface area contributed by atoms with Gasteiger partial charge in [0.15, 0.2) is 16.6 Å². The molecule has 0 unspecified atom stereocenters. The monoisotopic (exact) mass is 471 g/mol. The van der Waals surface area contributed by atoms with Crippen LogP contribution in [0.15, 0.2) is 65.1 Å². The van der Waals surface area contributed by atoms with Crippen LogP contribution in [-0.4, -0.2) is 16.0 Å². The first-order chi connectivity index (χ1) is 16.1. The normalized spacial score (nSPS) is 11.4. The number of carbonyl (C=O) groups is 1. The number of carbonyl (C=O) groups excluding carboxylic acids is 1. The van der Waals surface area contributed by atoms with Crippen molar-refractivity contribution in [3.05, 3.63) is 94.4 Å². The molecule has 34 heavy (non-hydrogen) atoms. The zero-order chi connectivity index (χ0) is 24.5. The standard InChI is InChI=1S/C28H29N3O2S/c1-17-14-18(2)25-23(15-17)30-24(33-25)16-19-6-12-22(13-7-19)29-27(34)31-26(32)20-8-10-21(11-9-20)28(3,4)5/h6-15H,16H2,1-5H3,(H2,29,31,32,34). The molecular formula is C28H29N3O2S. The van der Waals surface area contributed by atoms with Gasteiger partial charge in [-0.15, -0.1) is 0 Å². The molecule has 4 aromatic rings. The topological polar surface area (TPSA) is 67.2 Å². The molecule has 0 radical (unpaired) electrons. The average Bonchev–Trinajstić information content (AvgIpc) is 3.17. The summed E-state index contributed by atoms with van der Waals surface area (Å²) in [5.41, 5.74) is 7.63. The van der Waals surface area contributed by atoms with Crippen LogP contribution in [0.4, 0.5) is 5.69 Å². The highest BCUT2D eigenvalue weighted by molar-refractivity contribution is 7.80. The molecule has 1 aromatic heterocycles. The first kappa shape index (κ1) is 23.6. The Hall–Kier alpha value is -3.51. The molecule has 0 aliphatic rings. The van der Waals surface area contributed by atoms with Gasteiger partial charge in [-0.2, -0.15) is 0 Å². The first-order valence-corrected chi connectivity index (χ1v) is 11.7. The summed E-state index contributed by atoms with van der Waals surface area (Å²) in [5.74, 6) is 0.445. The largest absolute Gasteiger partial charge is 0.440 e. The van der Waals surface area contributed by atoms with Crippen molar-refractivity contribution in [2.75, 3.05) is 5.32 Å². The predicted octanol–water partition coefficient (Wildman–Crippen LogP) is 6.46. The lowest BCUT2D eigenvalue weighted by atomic mass is 9.87. The Labute approximate surface area is 205 Å². The number of hydrogen-bond acceptors (Lipinski definition) is 4. The van der Waals surface area contributed by atoms with E-state index < -0.39 is 0 Å². The van der Waals surface area contributed by atoms with Crippen molar-refractivity contribution < 1.29 is 9.21 Å². The van der Waals surface area contributed by atoms with Crippen LogP contribution < -0.4 is 10.6 Å². The molecule has 0 aliphatic heterocycles. The second-order valence-corrected chi connectivity index (χ2v) is 10.1. The summed E-state index contributed by atoms with van der Waals surface area (Å²) in [6.45, 7) is 10.5. The maximum atomic E-state index is 12.5. The van der Waals surface area contributed by atoms with Gasteiger partial charge < -0.3 is 9.73 Å². The molecule has 5 nitrogen and oxygen atoms in total. The van der Waals surface area contributed by atoms with E-state index in [-0.39, 0.29) is 16.4 Å². The summed E-state index contributed by atoms with van der Waals surface area (Å²) in [6, 6.07) is 19.6. The highest BCUT2D eigenvalue weighted by Crippen LogP contribution is 2.24. The average molecular weight is 472 g/mol. The first-order valence-electron chi connectivity index (χ1n) is 11.3. The van der Waals surface area contributed by atoms with Gasteiger partial charge in [0.25, 0.3) is 5.91 Å². The minimum atomic E-state index is -0.240. The summed E-state index contributed by atoms with van der Waals surface area (Å²) in [4.78, 5) is 17.2.